The highest BCUT2D eigenvalue weighted by Crippen LogP contribution is 2.30. The lowest BCUT2D eigenvalue weighted by atomic mass is 10.1. The number of rotatable bonds is 1. The number of para-hydroxylation sites is 3. The van der Waals surface area contributed by atoms with Gasteiger partial charge in [0.05, 0.1) is 13.2 Å². The van der Waals surface area contributed by atoms with Gasteiger partial charge in [0.2, 0.25) is 13.2 Å². The van der Waals surface area contributed by atoms with Crippen LogP contribution in [0.25, 0.3) is 10.9 Å². The molecule has 0 saturated carbocycles. The van der Waals surface area contributed by atoms with Crippen LogP contribution in [0.15, 0.2) is 48.5 Å². The number of amides is 1. The lowest BCUT2D eigenvalue weighted by Gasteiger charge is -2.21. The molecule has 1 fully saturated rings. The summed E-state index contributed by atoms with van der Waals surface area (Å²) in [4.78, 5) is 15.2. The van der Waals surface area contributed by atoms with Crippen LogP contribution in [0.5, 0.6) is 11.5 Å². The maximum Gasteiger partial charge on any atom is 0.231 e. The van der Waals surface area contributed by atoms with E-state index < -0.39 is 0 Å². The predicted molar refractivity (Wildman–Crippen MR) is 137 cm³/mol. The molecule has 3 aromatic rings. The summed E-state index contributed by atoms with van der Waals surface area (Å²) in [7, 11) is 0. The van der Waals surface area contributed by atoms with Crippen LogP contribution in [0.2, 0.25) is 0 Å². The van der Waals surface area contributed by atoms with Crippen LogP contribution in [0.1, 0.15) is 39.0 Å². The molecule has 7 heteroatoms. The number of H-pyrrole nitrogens is 1. The second-order valence-electron chi connectivity index (χ2n) is 7.16. The third-order valence-electron chi connectivity index (χ3n) is 5.23. The van der Waals surface area contributed by atoms with Crippen molar-refractivity contribution in [3.05, 3.63) is 59.8 Å². The molecule has 2 aromatic carbocycles. The fraction of sp³-hybridized carbons (Fsp3) is 0.444. The van der Waals surface area contributed by atoms with E-state index in [4.69, 9.17) is 14.2 Å². The monoisotopic (exact) mass is 469 g/mol. The molecule has 6 rings (SSSR count). The van der Waals surface area contributed by atoms with Crippen molar-refractivity contribution < 1.29 is 19.0 Å². The Kier molecular flexibility index (Phi) is 12.6. The Morgan fingerprint density at radius 3 is 2.12 bits per heavy atom. The van der Waals surface area contributed by atoms with Crippen LogP contribution < -0.4 is 14.8 Å². The van der Waals surface area contributed by atoms with Gasteiger partial charge in [-0.25, -0.2) is 0 Å². The first-order chi connectivity index (χ1) is 16.8. The smallest absolute Gasteiger partial charge is 0.231 e. The lowest BCUT2D eigenvalue weighted by molar-refractivity contribution is -0.121. The normalized spacial score (nSPS) is 15.0. The Bertz CT molecular complexity index is 944. The molecule has 0 atom stereocenters. The first kappa shape index (κ1) is 27.2. The minimum absolute atomic E-state index is 0.360. The zero-order valence-corrected chi connectivity index (χ0v) is 20.9. The zero-order chi connectivity index (χ0) is 24.6. The van der Waals surface area contributed by atoms with Gasteiger partial charge in [0.25, 0.3) is 0 Å². The number of nitrogens with one attached hydrogen (secondary N) is 2. The van der Waals surface area contributed by atoms with Crippen LogP contribution in [-0.2, 0) is 22.5 Å². The molecular weight excluding hydrogens is 430 g/mol. The molecular formula is C27H39N3O4. The van der Waals surface area contributed by atoms with E-state index in [0.717, 1.165) is 50.5 Å². The van der Waals surface area contributed by atoms with E-state index in [1.165, 1.54) is 22.2 Å². The molecule has 3 aliphatic heterocycles. The van der Waals surface area contributed by atoms with E-state index in [-0.39, 0.29) is 0 Å². The number of nitrogens with zero attached hydrogens (tertiary/aromatic N) is 1. The Morgan fingerprint density at radius 2 is 1.50 bits per heavy atom. The second kappa shape index (κ2) is 15.7. The number of benzene rings is 2. The Morgan fingerprint density at radius 1 is 0.882 bits per heavy atom. The summed E-state index contributed by atoms with van der Waals surface area (Å²) in [6, 6.07) is 16.2. The van der Waals surface area contributed by atoms with Crippen molar-refractivity contribution in [3.8, 4) is 11.5 Å². The van der Waals surface area contributed by atoms with Crippen molar-refractivity contribution in [2.45, 2.75) is 40.7 Å². The fourth-order valence-corrected chi connectivity index (χ4v) is 3.65. The van der Waals surface area contributed by atoms with Gasteiger partial charge in [-0.1, -0.05) is 58.0 Å². The molecule has 1 aromatic heterocycles. The van der Waals surface area contributed by atoms with Gasteiger partial charge in [-0.15, -0.1) is 0 Å². The quantitative estimate of drug-likeness (QED) is 0.503. The van der Waals surface area contributed by atoms with Gasteiger partial charge in [0.1, 0.15) is 0 Å². The van der Waals surface area contributed by atoms with E-state index in [1.54, 1.807) is 4.90 Å². The summed E-state index contributed by atoms with van der Waals surface area (Å²) in [5, 5.41) is 4.77. The van der Waals surface area contributed by atoms with Crippen molar-refractivity contribution in [1.29, 1.82) is 0 Å². The Labute approximate surface area is 203 Å². The van der Waals surface area contributed by atoms with E-state index in [2.05, 4.69) is 34.6 Å². The van der Waals surface area contributed by atoms with Crippen molar-refractivity contribution >= 4 is 17.3 Å². The highest BCUT2D eigenvalue weighted by atomic mass is 16.7. The summed E-state index contributed by atoms with van der Waals surface area (Å²) in [6.45, 7) is 13.3. The number of hydrogen-bond donors (Lipinski definition) is 2. The molecule has 0 aliphatic carbocycles. The van der Waals surface area contributed by atoms with Crippen LogP contribution >= 0.6 is 0 Å². The fourth-order valence-electron chi connectivity index (χ4n) is 3.65. The molecule has 0 radical (unpaired) electrons. The standard InChI is InChI=1S/C11H12N2.C7H6O2.C5H9NO2.2C2H6/c1-2-4-10-8(3-1)9-5-6-12-7-11(9)13-10;1-2-4-7-6(3-1)8-5-9-7;7-5-6-1-3-8-4-2-6;2*1-2/h1-4,12-13H,5-7H2;1-4H,5H2;5H,1-4H2;2*1-2H3. The number of ether oxygens (including phenoxy) is 3. The first-order valence-corrected chi connectivity index (χ1v) is 12.3. The number of aromatic nitrogens is 1. The van der Waals surface area contributed by atoms with E-state index in [9.17, 15) is 4.79 Å². The molecule has 2 N–H and O–H groups in total. The average Bonchev–Trinajstić information content (AvgIpc) is 3.57. The van der Waals surface area contributed by atoms with E-state index in [0.29, 0.717) is 20.0 Å². The minimum atomic E-state index is 0.360. The highest BCUT2D eigenvalue weighted by Gasteiger charge is 2.13. The first-order valence-electron chi connectivity index (χ1n) is 12.3. The van der Waals surface area contributed by atoms with Gasteiger partial charge < -0.3 is 29.4 Å². The number of fused-ring (bicyclic) bond motifs is 4. The molecule has 3 aliphatic rings. The zero-order valence-electron chi connectivity index (χ0n) is 20.9. The number of hydrogen-bond acceptors (Lipinski definition) is 5. The summed E-state index contributed by atoms with van der Waals surface area (Å²) < 4.78 is 15.2. The van der Waals surface area contributed by atoms with Gasteiger partial charge in [-0.2, -0.15) is 0 Å². The Balaban J connectivity index is 0.000000173. The Hall–Kier alpha value is -3.03. The SMILES string of the molecule is CC.CC.O=CN1CCOCC1.c1ccc2c(c1)OCO2.c1ccc2c3c([nH]c2c1)CNCC3. The maximum atomic E-state index is 10.0. The molecule has 0 bridgehead atoms. The molecule has 0 unspecified atom stereocenters. The van der Waals surface area contributed by atoms with Crippen molar-refractivity contribution in [3.63, 3.8) is 0 Å². The number of carbonyl (C=O) groups excluding carboxylic acids is 1. The summed E-state index contributed by atoms with van der Waals surface area (Å²) in [5.41, 5.74) is 4.15. The molecule has 34 heavy (non-hydrogen) atoms. The summed E-state index contributed by atoms with van der Waals surface area (Å²) in [6.07, 6.45) is 2.02. The lowest BCUT2D eigenvalue weighted by Crippen LogP contribution is -2.34. The highest BCUT2D eigenvalue weighted by molar-refractivity contribution is 5.84. The maximum absolute atomic E-state index is 10.0. The van der Waals surface area contributed by atoms with E-state index >= 15 is 0 Å². The largest absolute Gasteiger partial charge is 0.454 e. The van der Waals surface area contributed by atoms with Crippen LogP contribution in [0.4, 0.5) is 0 Å². The number of carbonyl (C=O) groups is 1. The number of aromatic amines is 1. The molecule has 186 valence electrons. The van der Waals surface area contributed by atoms with Gasteiger partial charge >= 0.3 is 0 Å². The van der Waals surface area contributed by atoms with Crippen molar-refractivity contribution in [1.82, 2.24) is 15.2 Å². The third kappa shape index (κ3) is 7.78. The molecule has 4 heterocycles. The van der Waals surface area contributed by atoms with Gasteiger partial charge in [0.15, 0.2) is 11.5 Å². The molecule has 1 saturated heterocycles. The number of morpholine rings is 1. The molecule has 7 nitrogen and oxygen atoms in total. The van der Waals surface area contributed by atoms with Crippen LogP contribution in [0.3, 0.4) is 0 Å². The van der Waals surface area contributed by atoms with Crippen molar-refractivity contribution in [2.75, 3.05) is 39.6 Å². The van der Waals surface area contributed by atoms with Gasteiger partial charge in [0, 0.05) is 36.2 Å². The predicted octanol–water partition coefficient (Wildman–Crippen LogP) is 4.76. The van der Waals surface area contributed by atoms with E-state index in [1.807, 2.05) is 52.0 Å². The van der Waals surface area contributed by atoms with Crippen LogP contribution in [0, 0.1) is 0 Å². The van der Waals surface area contributed by atoms with Crippen LogP contribution in [-0.4, -0.2) is 55.9 Å². The molecule has 1 amide bonds. The summed E-state index contributed by atoms with van der Waals surface area (Å²) >= 11 is 0. The van der Waals surface area contributed by atoms with Gasteiger partial charge in [-0.05, 0) is 36.7 Å². The third-order valence-corrected chi connectivity index (χ3v) is 5.23. The van der Waals surface area contributed by atoms with Crippen molar-refractivity contribution in [2.24, 2.45) is 0 Å². The second-order valence-corrected chi connectivity index (χ2v) is 7.16. The average molecular weight is 470 g/mol. The summed E-state index contributed by atoms with van der Waals surface area (Å²) in [5.74, 6) is 1.69. The molecule has 0 spiro atoms. The topological polar surface area (TPSA) is 75.8 Å². The van der Waals surface area contributed by atoms with Gasteiger partial charge in [-0.3, -0.25) is 4.79 Å². The minimum Gasteiger partial charge on any atom is -0.454 e.